The molecule has 0 spiro atoms. The number of rotatable bonds is 1. The Kier molecular flexibility index (Phi) is 1.85. The molecule has 1 aromatic heterocycles. The Bertz CT molecular complexity index is 277. The van der Waals surface area contributed by atoms with Gasteiger partial charge in [0.15, 0.2) is 0 Å². The van der Waals surface area contributed by atoms with E-state index < -0.39 is 0 Å². The van der Waals surface area contributed by atoms with Crippen LogP contribution < -0.4 is 5.56 Å². The predicted molar refractivity (Wildman–Crippen MR) is 38.9 cm³/mol. The van der Waals surface area contributed by atoms with Crippen LogP contribution in [0.25, 0.3) is 0 Å². The zero-order valence-corrected chi connectivity index (χ0v) is 6.16. The van der Waals surface area contributed by atoms with E-state index in [1.807, 2.05) is 6.92 Å². The van der Waals surface area contributed by atoms with Gasteiger partial charge >= 0.3 is 0 Å². The molecule has 1 aromatic rings. The highest BCUT2D eigenvalue weighted by Crippen LogP contribution is 1.82. The lowest BCUT2D eigenvalue weighted by Gasteiger charge is -1.98. The normalized spacial score (nSPS) is 9.80. The molecule has 0 N–H and O–H groups in total. The molecule has 0 aromatic carbocycles. The summed E-state index contributed by atoms with van der Waals surface area (Å²) in [6, 6.07) is 0. The standard InChI is InChI=1S/C7H10N2O/c1-3-9-5-8-4-6(2)7(9)10/h4-5H,3H2,1-2H3. The van der Waals surface area contributed by atoms with E-state index in [4.69, 9.17) is 0 Å². The molecule has 0 atom stereocenters. The monoisotopic (exact) mass is 138 g/mol. The summed E-state index contributed by atoms with van der Waals surface area (Å²) in [5, 5.41) is 0. The first-order valence-corrected chi connectivity index (χ1v) is 3.26. The van der Waals surface area contributed by atoms with Crippen molar-refractivity contribution in [3.63, 3.8) is 0 Å². The van der Waals surface area contributed by atoms with E-state index in [0.717, 1.165) is 0 Å². The lowest BCUT2D eigenvalue weighted by Crippen LogP contribution is -2.20. The first kappa shape index (κ1) is 6.99. The molecule has 3 nitrogen and oxygen atoms in total. The molecule has 0 saturated heterocycles. The third-order valence-electron chi connectivity index (χ3n) is 1.41. The summed E-state index contributed by atoms with van der Waals surface area (Å²) in [5.74, 6) is 0. The first-order valence-electron chi connectivity index (χ1n) is 3.26. The van der Waals surface area contributed by atoms with E-state index in [0.29, 0.717) is 12.1 Å². The molecule has 0 amide bonds. The number of hydrogen-bond acceptors (Lipinski definition) is 2. The Morgan fingerprint density at radius 2 is 2.40 bits per heavy atom. The lowest BCUT2D eigenvalue weighted by molar-refractivity contribution is 0.700. The van der Waals surface area contributed by atoms with E-state index >= 15 is 0 Å². The third-order valence-corrected chi connectivity index (χ3v) is 1.41. The summed E-state index contributed by atoms with van der Waals surface area (Å²) in [7, 11) is 0. The molecular weight excluding hydrogens is 128 g/mol. The summed E-state index contributed by atoms with van der Waals surface area (Å²) in [6.45, 7) is 4.37. The molecule has 1 rings (SSSR count). The maximum absolute atomic E-state index is 11.1. The van der Waals surface area contributed by atoms with Crippen molar-refractivity contribution in [1.82, 2.24) is 9.55 Å². The number of aromatic nitrogens is 2. The minimum absolute atomic E-state index is 0.0532. The zero-order valence-electron chi connectivity index (χ0n) is 6.16. The van der Waals surface area contributed by atoms with Crippen LogP contribution in [0.1, 0.15) is 12.5 Å². The Labute approximate surface area is 59.3 Å². The Morgan fingerprint density at radius 1 is 1.70 bits per heavy atom. The van der Waals surface area contributed by atoms with Crippen molar-refractivity contribution in [2.75, 3.05) is 0 Å². The second-order valence-electron chi connectivity index (χ2n) is 2.17. The lowest BCUT2D eigenvalue weighted by atomic mass is 10.4. The number of aryl methyl sites for hydroxylation is 2. The Balaban J connectivity index is 3.28. The van der Waals surface area contributed by atoms with Gasteiger partial charge in [0.25, 0.3) is 5.56 Å². The van der Waals surface area contributed by atoms with Crippen LogP contribution in [-0.2, 0) is 6.54 Å². The van der Waals surface area contributed by atoms with Gasteiger partial charge in [-0.3, -0.25) is 9.36 Å². The van der Waals surface area contributed by atoms with Crippen LogP contribution in [0.15, 0.2) is 17.3 Å². The highest BCUT2D eigenvalue weighted by molar-refractivity contribution is 5.00. The molecule has 0 unspecified atom stereocenters. The van der Waals surface area contributed by atoms with Crippen molar-refractivity contribution >= 4 is 0 Å². The van der Waals surface area contributed by atoms with Crippen molar-refractivity contribution in [3.8, 4) is 0 Å². The highest BCUT2D eigenvalue weighted by atomic mass is 16.1. The van der Waals surface area contributed by atoms with Gasteiger partial charge in [0.2, 0.25) is 0 Å². The summed E-state index contributed by atoms with van der Waals surface area (Å²) < 4.78 is 1.58. The molecule has 54 valence electrons. The average Bonchev–Trinajstić information content (AvgIpc) is 1.95. The Morgan fingerprint density at radius 3 is 2.90 bits per heavy atom. The highest BCUT2D eigenvalue weighted by Gasteiger charge is 1.94. The van der Waals surface area contributed by atoms with E-state index in [2.05, 4.69) is 4.98 Å². The number of hydrogen-bond donors (Lipinski definition) is 0. The molecule has 3 heteroatoms. The zero-order chi connectivity index (χ0) is 7.56. The molecule has 0 bridgehead atoms. The van der Waals surface area contributed by atoms with Crippen molar-refractivity contribution < 1.29 is 0 Å². The van der Waals surface area contributed by atoms with Gasteiger partial charge in [-0.25, -0.2) is 4.98 Å². The molecule has 0 radical (unpaired) electrons. The van der Waals surface area contributed by atoms with E-state index in [-0.39, 0.29) is 5.56 Å². The van der Waals surface area contributed by atoms with Gasteiger partial charge in [0.05, 0.1) is 6.33 Å². The predicted octanol–water partition coefficient (Wildman–Crippen LogP) is 0.572. The molecular formula is C7H10N2O. The van der Waals surface area contributed by atoms with Crippen LogP contribution in [0, 0.1) is 6.92 Å². The van der Waals surface area contributed by atoms with Gasteiger partial charge in [-0.15, -0.1) is 0 Å². The van der Waals surface area contributed by atoms with Gasteiger partial charge in [-0.05, 0) is 13.8 Å². The fraction of sp³-hybridized carbons (Fsp3) is 0.429. The van der Waals surface area contributed by atoms with Crippen molar-refractivity contribution in [2.24, 2.45) is 0 Å². The van der Waals surface area contributed by atoms with Gasteiger partial charge in [-0.2, -0.15) is 0 Å². The van der Waals surface area contributed by atoms with Crippen LogP contribution in [0.4, 0.5) is 0 Å². The third kappa shape index (κ3) is 1.07. The summed E-state index contributed by atoms with van der Waals surface area (Å²) in [4.78, 5) is 15.0. The minimum Gasteiger partial charge on any atom is -0.299 e. The molecule has 0 fully saturated rings. The molecule has 0 aliphatic rings. The minimum atomic E-state index is 0.0532. The van der Waals surface area contributed by atoms with Crippen molar-refractivity contribution in [1.29, 1.82) is 0 Å². The van der Waals surface area contributed by atoms with E-state index in [1.54, 1.807) is 24.0 Å². The second-order valence-corrected chi connectivity index (χ2v) is 2.17. The van der Waals surface area contributed by atoms with Gasteiger partial charge < -0.3 is 0 Å². The van der Waals surface area contributed by atoms with Crippen molar-refractivity contribution in [2.45, 2.75) is 20.4 Å². The van der Waals surface area contributed by atoms with Gasteiger partial charge in [0.1, 0.15) is 0 Å². The maximum Gasteiger partial charge on any atom is 0.256 e. The van der Waals surface area contributed by atoms with Gasteiger partial charge in [-0.1, -0.05) is 0 Å². The molecule has 0 aliphatic carbocycles. The van der Waals surface area contributed by atoms with Crippen LogP contribution in [0.3, 0.4) is 0 Å². The number of nitrogens with zero attached hydrogens (tertiary/aromatic N) is 2. The van der Waals surface area contributed by atoms with E-state index in [9.17, 15) is 4.79 Å². The smallest absolute Gasteiger partial charge is 0.256 e. The first-order chi connectivity index (χ1) is 4.75. The maximum atomic E-state index is 11.1. The van der Waals surface area contributed by atoms with Crippen molar-refractivity contribution in [3.05, 3.63) is 28.4 Å². The van der Waals surface area contributed by atoms with Crippen LogP contribution in [-0.4, -0.2) is 9.55 Å². The molecule has 1 heterocycles. The SMILES string of the molecule is CCn1cncc(C)c1=O. The quantitative estimate of drug-likeness (QED) is 0.568. The Hall–Kier alpha value is -1.12. The topological polar surface area (TPSA) is 34.9 Å². The fourth-order valence-electron chi connectivity index (χ4n) is 0.785. The average molecular weight is 138 g/mol. The summed E-state index contributed by atoms with van der Waals surface area (Å²) in [6.07, 6.45) is 3.13. The summed E-state index contributed by atoms with van der Waals surface area (Å²) in [5.41, 5.74) is 0.752. The van der Waals surface area contributed by atoms with E-state index in [1.165, 1.54) is 0 Å². The van der Waals surface area contributed by atoms with Crippen LogP contribution >= 0.6 is 0 Å². The van der Waals surface area contributed by atoms with Gasteiger partial charge in [0, 0.05) is 18.3 Å². The second kappa shape index (κ2) is 2.64. The van der Waals surface area contributed by atoms with Crippen LogP contribution in [0.2, 0.25) is 0 Å². The molecule has 0 aliphatic heterocycles. The molecule has 10 heavy (non-hydrogen) atoms. The summed E-state index contributed by atoms with van der Waals surface area (Å²) >= 11 is 0. The van der Waals surface area contributed by atoms with Crippen LogP contribution in [0.5, 0.6) is 0 Å². The fourth-order valence-corrected chi connectivity index (χ4v) is 0.785. The molecule has 0 saturated carbocycles. The largest absolute Gasteiger partial charge is 0.299 e.